The van der Waals surface area contributed by atoms with E-state index in [0.717, 1.165) is 16.7 Å². The van der Waals surface area contributed by atoms with Crippen LogP contribution in [0.5, 0.6) is 11.5 Å². The lowest BCUT2D eigenvalue weighted by Crippen LogP contribution is -2.32. The van der Waals surface area contributed by atoms with E-state index in [2.05, 4.69) is 0 Å². The molecule has 0 fully saturated rings. The number of hydrogen-bond donors (Lipinski definition) is 0. The second-order valence-corrected chi connectivity index (χ2v) is 8.97. The van der Waals surface area contributed by atoms with Crippen LogP contribution in [0.2, 0.25) is 0 Å². The molecule has 1 aliphatic heterocycles. The number of ether oxygens (including phenoxy) is 2. The maximum atomic E-state index is 15.0. The average Bonchev–Trinajstić information content (AvgIpc) is 3.15. The molecule has 6 nitrogen and oxygen atoms in total. The van der Waals surface area contributed by atoms with Crippen molar-refractivity contribution in [3.8, 4) is 11.5 Å². The van der Waals surface area contributed by atoms with Crippen molar-refractivity contribution in [3.63, 3.8) is 0 Å². The first-order valence-corrected chi connectivity index (χ1v) is 11.7. The van der Waals surface area contributed by atoms with Gasteiger partial charge in [-0.05, 0) is 67.3 Å². The maximum absolute atomic E-state index is 15.0. The molecule has 7 heteroatoms. The van der Waals surface area contributed by atoms with Gasteiger partial charge in [-0.2, -0.15) is 0 Å². The van der Waals surface area contributed by atoms with Crippen LogP contribution < -0.4 is 14.9 Å². The molecule has 1 amide bonds. The van der Waals surface area contributed by atoms with E-state index in [0.29, 0.717) is 28.9 Å². The summed E-state index contributed by atoms with van der Waals surface area (Å²) in [6.45, 7) is 4.07. The lowest BCUT2D eigenvalue weighted by atomic mass is 9.97. The number of rotatable bonds is 6. The van der Waals surface area contributed by atoms with Crippen LogP contribution in [-0.4, -0.2) is 31.6 Å². The van der Waals surface area contributed by atoms with Crippen molar-refractivity contribution < 1.29 is 23.1 Å². The summed E-state index contributed by atoms with van der Waals surface area (Å²) in [5.74, 6) is 0.221. The van der Waals surface area contributed by atoms with Gasteiger partial charge >= 0.3 is 0 Å². The molecule has 1 aliphatic rings. The Morgan fingerprint density at radius 1 is 0.944 bits per heavy atom. The average molecular weight is 488 g/mol. The Labute approximate surface area is 207 Å². The summed E-state index contributed by atoms with van der Waals surface area (Å²) < 4.78 is 31.8. The van der Waals surface area contributed by atoms with Gasteiger partial charge in [0.25, 0.3) is 5.91 Å². The predicted octanol–water partition coefficient (Wildman–Crippen LogP) is 5.35. The highest BCUT2D eigenvalue weighted by atomic mass is 19.1. The SMILES string of the molecule is COc1ccc(CCN2C(=O)c3oc4cc(C)c(C)cc4c(=O)c3[C@H]2c2ccccc2F)cc1OC. The Morgan fingerprint density at radius 3 is 2.39 bits per heavy atom. The van der Waals surface area contributed by atoms with Crippen LogP contribution in [0.15, 0.2) is 63.8 Å². The van der Waals surface area contributed by atoms with E-state index in [1.807, 2.05) is 26.0 Å². The molecule has 1 aromatic heterocycles. The van der Waals surface area contributed by atoms with Gasteiger partial charge in [-0.15, -0.1) is 0 Å². The summed E-state index contributed by atoms with van der Waals surface area (Å²) >= 11 is 0. The van der Waals surface area contributed by atoms with Gasteiger partial charge < -0.3 is 18.8 Å². The van der Waals surface area contributed by atoms with Crippen molar-refractivity contribution in [3.05, 3.63) is 104 Å². The van der Waals surface area contributed by atoms with Gasteiger partial charge in [0.2, 0.25) is 5.76 Å². The third-order valence-corrected chi connectivity index (χ3v) is 6.87. The lowest BCUT2D eigenvalue weighted by Gasteiger charge is -2.25. The fourth-order valence-corrected chi connectivity index (χ4v) is 4.81. The van der Waals surface area contributed by atoms with Gasteiger partial charge in [0.15, 0.2) is 16.9 Å². The molecule has 1 atom stereocenters. The molecule has 0 spiro atoms. The normalized spacial score (nSPS) is 14.9. The quantitative estimate of drug-likeness (QED) is 0.367. The van der Waals surface area contributed by atoms with Gasteiger partial charge in [0, 0.05) is 12.1 Å². The predicted molar refractivity (Wildman–Crippen MR) is 134 cm³/mol. The Kier molecular flexibility index (Phi) is 6.00. The molecule has 0 aliphatic carbocycles. The van der Waals surface area contributed by atoms with Gasteiger partial charge in [0.1, 0.15) is 11.4 Å². The molecule has 0 radical (unpaired) electrons. The number of benzene rings is 3. The monoisotopic (exact) mass is 487 g/mol. The van der Waals surface area contributed by atoms with Crippen molar-refractivity contribution in [1.29, 1.82) is 0 Å². The minimum Gasteiger partial charge on any atom is -0.493 e. The van der Waals surface area contributed by atoms with Crippen molar-refractivity contribution in [2.75, 3.05) is 20.8 Å². The second-order valence-electron chi connectivity index (χ2n) is 8.97. The molecule has 4 aromatic rings. The number of halogens is 1. The molecule has 0 saturated carbocycles. The molecule has 0 unspecified atom stereocenters. The highest BCUT2D eigenvalue weighted by Gasteiger charge is 2.43. The van der Waals surface area contributed by atoms with Crippen LogP contribution in [0.4, 0.5) is 4.39 Å². The minimum absolute atomic E-state index is 0.0312. The summed E-state index contributed by atoms with van der Waals surface area (Å²) in [5, 5.41) is 0.382. The van der Waals surface area contributed by atoms with Crippen LogP contribution >= 0.6 is 0 Å². The summed E-state index contributed by atoms with van der Waals surface area (Å²) in [4.78, 5) is 28.8. The number of carbonyl (C=O) groups excluding carboxylic acids is 1. The molecular weight excluding hydrogens is 461 g/mol. The smallest absolute Gasteiger partial charge is 0.290 e. The van der Waals surface area contributed by atoms with E-state index in [4.69, 9.17) is 13.9 Å². The Bertz CT molecular complexity index is 1560. The van der Waals surface area contributed by atoms with Crippen molar-refractivity contribution in [2.45, 2.75) is 26.3 Å². The molecular formula is C29H26FNO5. The Balaban J connectivity index is 1.62. The third kappa shape index (κ3) is 3.81. The molecule has 184 valence electrons. The van der Waals surface area contributed by atoms with Gasteiger partial charge in [-0.1, -0.05) is 24.3 Å². The summed E-state index contributed by atoms with van der Waals surface area (Å²) in [6, 6.07) is 14.4. The zero-order chi connectivity index (χ0) is 25.6. The largest absolute Gasteiger partial charge is 0.493 e. The molecule has 0 bridgehead atoms. The molecule has 3 aromatic carbocycles. The van der Waals surface area contributed by atoms with E-state index >= 15 is 4.39 Å². The number of aryl methyl sites for hydroxylation is 2. The summed E-state index contributed by atoms with van der Waals surface area (Å²) in [7, 11) is 3.12. The highest BCUT2D eigenvalue weighted by molar-refractivity contribution is 5.99. The maximum Gasteiger partial charge on any atom is 0.290 e. The van der Waals surface area contributed by atoms with E-state index in [1.165, 1.54) is 11.0 Å². The third-order valence-electron chi connectivity index (χ3n) is 6.87. The van der Waals surface area contributed by atoms with E-state index in [1.54, 1.807) is 50.6 Å². The number of hydrogen-bond acceptors (Lipinski definition) is 5. The van der Waals surface area contributed by atoms with Gasteiger partial charge in [-0.3, -0.25) is 9.59 Å². The lowest BCUT2D eigenvalue weighted by molar-refractivity contribution is 0.0728. The first kappa shape index (κ1) is 23.6. The number of nitrogens with zero attached hydrogens (tertiary/aromatic N) is 1. The van der Waals surface area contributed by atoms with Crippen molar-refractivity contribution in [1.82, 2.24) is 4.90 Å². The number of carbonyl (C=O) groups is 1. The first-order chi connectivity index (χ1) is 17.3. The van der Waals surface area contributed by atoms with E-state index < -0.39 is 17.8 Å². The van der Waals surface area contributed by atoms with Crippen LogP contribution in [0.1, 0.15) is 44.4 Å². The topological polar surface area (TPSA) is 69.0 Å². The fourth-order valence-electron chi connectivity index (χ4n) is 4.81. The standard InChI is InChI=1S/C29H26FNO5/c1-16-13-20-23(14-17(16)2)36-28-25(27(20)32)26(19-7-5-6-8-21(19)30)31(29(28)33)12-11-18-9-10-22(34-3)24(15-18)35-4/h5-10,13-15,26H,11-12H2,1-4H3/t26-/m1/s1. The first-order valence-electron chi connectivity index (χ1n) is 11.7. The highest BCUT2D eigenvalue weighted by Crippen LogP contribution is 2.39. The number of fused-ring (bicyclic) bond motifs is 2. The molecule has 2 heterocycles. The Morgan fingerprint density at radius 2 is 1.67 bits per heavy atom. The van der Waals surface area contributed by atoms with Crippen LogP contribution in [0.3, 0.4) is 0 Å². The van der Waals surface area contributed by atoms with Gasteiger partial charge in [-0.25, -0.2) is 4.39 Å². The second kappa shape index (κ2) is 9.15. The van der Waals surface area contributed by atoms with Crippen LogP contribution in [0, 0.1) is 19.7 Å². The summed E-state index contributed by atoms with van der Waals surface area (Å²) in [6.07, 6.45) is 0.455. The molecule has 0 N–H and O–H groups in total. The zero-order valence-electron chi connectivity index (χ0n) is 20.6. The number of amides is 1. The van der Waals surface area contributed by atoms with Crippen LogP contribution in [-0.2, 0) is 6.42 Å². The number of methoxy groups -OCH3 is 2. The van der Waals surface area contributed by atoms with Gasteiger partial charge in [0.05, 0.1) is 31.2 Å². The zero-order valence-corrected chi connectivity index (χ0v) is 20.6. The fraction of sp³-hybridized carbons (Fsp3) is 0.241. The van der Waals surface area contributed by atoms with E-state index in [-0.39, 0.29) is 28.9 Å². The van der Waals surface area contributed by atoms with Crippen LogP contribution in [0.25, 0.3) is 11.0 Å². The molecule has 36 heavy (non-hydrogen) atoms. The van der Waals surface area contributed by atoms with Crippen molar-refractivity contribution in [2.24, 2.45) is 0 Å². The molecule has 0 saturated heterocycles. The van der Waals surface area contributed by atoms with E-state index in [9.17, 15) is 9.59 Å². The van der Waals surface area contributed by atoms with Crippen molar-refractivity contribution >= 4 is 16.9 Å². The Hall–Kier alpha value is -4.13. The molecule has 5 rings (SSSR count). The summed E-state index contributed by atoms with van der Waals surface area (Å²) in [5.41, 5.74) is 3.26. The minimum atomic E-state index is -0.892.